The summed E-state index contributed by atoms with van der Waals surface area (Å²) in [6.07, 6.45) is 0. The minimum absolute atomic E-state index is 0.522. The lowest BCUT2D eigenvalue weighted by atomic mass is 10.0. The van der Waals surface area contributed by atoms with E-state index in [0.717, 1.165) is 54.9 Å². The lowest BCUT2D eigenvalue weighted by Crippen LogP contribution is -2.00. The van der Waals surface area contributed by atoms with Gasteiger partial charge in [0.1, 0.15) is 11.2 Å². The number of hydrogen-bond donors (Lipinski definition) is 0. The fourth-order valence-electron chi connectivity index (χ4n) is 5.51. The Bertz CT molecular complexity index is 2260. The number of furan rings is 1. The van der Waals surface area contributed by atoms with E-state index in [4.69, 9.17) is 31.0 Å². The lowest BCUT2D eigenvalue weighted by molar-refractivity contribution is 0.670. The molecule has 5 heteroatoms. The van der Waals surface area contributed by atoms with E-state index in [1.165, 1.54) is 0 Å². The summed E-state index contributed by atoms with van der Waals surface area (Å²) in [4.78, 5) is 14.9. The molecule has 0 N–H and O–H groups in total. The van der Waals surface area contributed by atoms with Crippen LogP contribution in [0.4, 0.5) is 0 Å². The maximum atomic E-state index is 6.80. The van der Waals surface area contributed by atoms with Gasteiger partial charge in [0.05, 0.1) is 10.6 Å². The molecule has 198 valence electrons. The maximum Gasteiger partial charge on any atom is 0.167 e. The first-order valence-corrected chi connectivity index (χ1v) is 14.1. The van der Waals surface area contributed by atoms with Crippen molar-refractivity contribution in [2.45, 2.75) is 0 Å². The largest absolute Gasteiger partial charge is 0.455 e. The first-order chi connectivity index (χ1) is 20.7. The van der Waals surface area contributed by atoms with Crippen molar-refractivity contribution < 1.29 is 4.42 Å². The van der Waals surface area contributed by atoms with Crippen LogP contribution in [0.1, 0.15) is 0 Å². The molecule has 0 unspecified atom stereocenters. The summed E-state index contributed by atoms with van der Waals surface area (Å²) in [5, 5.41) is 4.67. The van der Waals surface area contributed by atoms with Crippen molar-refractivity contribution >= 4 is 44.3 Å². The third-order valence-electron chi connectivity index (χ3n) is 7.57. The molecule has 0 aliphatic heterocycles. The van der Waals surface area contributed by atoms with E-state index >= 15 is 0 Å². The second kappa shape index (κ2) is 9.95. The molecule has 0 aliphatic carbocycles. The van der Waals surface area contributed by atoms with Gasteiger partial charge in [-0.3, -0.25) is 0 Å². The van der Waals surface area contributed by atoms with Crippen molar-refractivity contribution in [2.75, 3.05) is 0 Å². The number of nitrogens with zero attached hydrogens (tertiary/aromatic N) is 3. The molecular weight excluding hydrogens is 538 g/mol. The average Bonchev–Trinajstić information content (AvgIpc) is 3.43. The van der Waals surface area contributed by atoms with Crippen LogP contribution in [0.3, 0.4) is 0 Å². The van der Waals surface area contributed by atoms with Crippen molar-refractivity contribution in [1.82, 2.24) is 15.0 Å². The Balaban J connectivity index is 1.37. The molecule has 42 heavy (non-hydrogen) atoms. The van der Waals surface area contributed by atoms with E-state index in [-0.39, 0.29) is 0 Å². The third kappa shape index (κ3) is 4.21. The average molecular weight is 560 g/mol. The molecule has 6 aromatic carbocycles. The van der Waals surface area contributed by atoms with Crippen molar-refractivity contribution in [3.05, 3.63) is 138 Å². The van der Waals surface area contributed by atoms with E-state index in [0.29, 0.717) is 28.1 Å². The Morgan fingerprint density at radius 1 is 0.476 bits per heavy atom. The van der Waals surface area contributed by atoms with Crippen molar-refractivity contribution in [3.63, 3.8) is 0 Å². The smallest absolute Gasteiger partial charge is 0.167 e. The molecule has 8 aromatic rings. The van der Waals surface area contributed by atoms with Crippen LogP contribution in [0, 0.1) is 0 Å². The van der Waals surface area contributed by atoms with Crippen molar-refractivity contribution in [1.29, 1.82) is 0 Å². The topological polar surface area (TPSA) is 51.8 Å². The molecule has 0 fully saturated rings. The van der Waals surface area contributed by atoms with E-state index < -0.39 is 0 Å². The number of rotatable bonds is 4. The normalized spacial score (nSPS) is 11.5. The highest BCUT2D eigenvalue weighted by Crippen LogP contribution is 2.41. The van der Waals surface area contributed by atoms with Gasteiger partial charge in [-0.25, -0.2) is 15.0 Å². The van der Waals surface area contributed by atoms with Crippen LogP contribution in [0.15, 0.2) is 138 Å². The number of aromatic nitrogens is 3. The van der Waals surface area contributed by atoms with Crippen LogP contribution in [0.2, 0.25) is 5.02 Å². The fourth-order valence-corrected chi connectivity index (χ4v) is 5.76. The second-order valence-corrected chi connectivity index (χ2v) is 10.6. The van der Waals surface area contributed by atoms with Gasteiger partial charge in [-0.05, 0) is 52.2 Å². The van der Waals surface area contributed by atoms with E-state index in [9.17, 15) is 0 Å². The lowest BCUT2D eigenvalue weighted by Gasteiger charge is -2.10. The molecule has 4 nitrogen and oxygen atoms in total. The molecular formula is C37H22ClN3O. The SMILES string of the molecule is Clc1ccc(-c2nc(-c3ccccc3)nc(-c3cccc(-c4ccccc4)c3)n2)c2oc3cc4ccccc4cc3c12. The zero-order valence-electron chi connectivity index (χ0n) is 22.3. The van der Waals surface area contributed by atoms with Gasteiger partial charge in [0, 0.05) is 21.9 Å². The Labute approximate surface area is 246 Å². The number of fused-ring (bicyclic) bond motifs is 4. The van der Waals surface area contributed by atoms with Crippen LogP contribution >= 0.6 is 11.6 Å². The van der Waals surface area contributed by atoms with Crippen LogP contribution < -0.4 is 0 Å². The van der Waals surface area contributed by atoms with Gasteiger partial charge in [-0.1, -0.05) is 115 Å². The van der Waals surface area contributed by atoms with E-state index in [1.54, 1.807) is 0 Å². The predicted octanol–water partition coefficient (Wildman–Crippen LogP) is 10.2. The molecule has 0 atom stereocenters. The van der Waals surface area contributed by atoms with Gasteiger partial charge in [0.25, 0.3) is 0 Å². The molecule has 0 amide bonds. The van der Waals surface area contributed by atoms with Crippen LogP contribution in [-0.2, 0) is 0 Å². The van der Waals surface area contributed by atoms with Crippen LogP contribution in [0.25, 0.3) is 78.0 Å². The van der Waals surface area contributed by atoms with E-state index in [2.05, 4.69) is 48.5 Å². The predicted molar refractivity (Wildman–Crippen MR) is 171 cm³/mol. The molecule has 0 spiro atoms. The van der Waals surface area contributed by atoms with Crippen LogP contribution in [0.5, 0.6) is 0 Å². The van der Waals surface area contributed by atoms with Gasteiger partial charge in [-0.15, -0.1) is 0 Å². The number of benzene rings is 6. The monoisotopic (exact) mass is 559 g/mol. The minimum Gasteiger partial charge on any atom is -0.455 e. The van der Waals surface area contributed by atoms with E-state index in [1.807, 2.05) is 84.9 Å². The Hall–Kier alpha value is -5.32. The Kier molecular flexibility index (Phi) is 5.80. The Morgan fingerprint density at radius 2 is 1.07 bits per heavy atom. The molecule has 0 bridgehead atoms. The number of halogens is 1. The molecule has 0 aliphatic rings. The van der Waals surface area contributed by atoms with Crippen LogP contribution in [-0.4, -0.2) is 15.0 Å². The molecule has 2 aromatic heterocycles. The van der Waals surface area contributed by atoms with Gasteiger partial charge < -0.3 is 4.42 Å². The molecule has 0 saturated heterocycles. The molecule has 2 heterocycles. The highest BCUT2D eigenvalue weighted by molar-refractivity contribution is 6.38. The van der Waals surface area contributed by atoms with Gasteiger partial charge in [-0.2, -0.15) is 0 Å². The molecule has 0 saturated carbocycles. The van der Waals surface area contributed by atoms with Gasteiger partial charge in [0.2, 0.25) is 0 Å². The minimum atomic E-state index is 0.522. The molecule has 0 radical (unpaired) electrons. The summed E-state index contributed by atoms with van der Waals surface area (Å²) >= 11 is 6.80. The van der Waals surface area contributed by atoms with Gasteiger partial charge in [0.15, 0.2) is 17.5 Å². The summed E-state index contributed by atoms with van der Waals surface area (Å²) in [7, 11) is 0. The molecule has 8 rings (SSSR count). The third-order valence-corrected chi connectivity index (χ3v) is 7.89. The summed E-state index contributed by atoms with van der Waals surface area (Å²) in [6.45, 7) is 0. The summed E-state index contributed by atoms with van der Waals surface area (Å²) < 4.78 is 6.51. The highest BCUT2D eigenvalue weighted by atomic mass is 35.5. The highest BCUT2D eigenvalue weighted by Gasteiger charge is 2.20. The first-order valence-electron chi connectivity index (χ1n) is 13.7. The number of hydrogen-bond acceptors (Lipinski definition) is 4. The van der Waals surface area contributed by atoms with Crippen molar-refractivity contribution in [2.24, 2.45) is 0 Å². The zero-order chi connectivity index (χ0) is 28.0. The fraction of sp³-hybridized carbons (Fsp3) is 0. The summed E-state index contributed by atoms with van der Waals surface area (Å²) in [6, 6.07) is 44.8. The first kappa shape index (κ1) is 24.5. The maximum absolute atomic E-state index is 6.80. The Morgan fingerprint density at radius 3 is 1.83 bits per heavy atom. The summed E-state index contributed by atoms with van der Waals surface area (Å²) in [5.41, 5.74) is 6.21. The second-order valence-electron chi connectivity index (χ2n) is 10.2. The zero-order valence-corrected chi connectivity index (χ0v) is 23.1. The van der Waals surface area contributed by atoms with Gasteiger partial charge >= 0.3 is 0 Å². The quantitative estimate of drug-likeness (QED) is 0.215. The standard InChI is InChI=1S/C37H22ClN3O/c38-31-19-18-29(34-33(31)30-21-26-14-7-8-15-27(26)22-32(30)42-34)37-40-35(24-12-5-2-6-13-24)39-36(41-37)28-17-9-16-25(20-28)23-10-3-1-4-11-23/h1-22H. The van der Waals surface area contributed by atoms with Crippen molar-refractivity contribution in [3.8, 4) is 45.3 Å². The summed E-state index contributed by atoms with van der Waals surface area (Å²) in [5.74, 6) is 1.70.